The summed E-state index contributed by atoms with van der Waals surface area (Å²) in [6.45, 7) is 1.85. The number of hydrogen-bond acceptors (Lipinski definition) is 5. The third-order valence-corrected chi connectivity index (χ3v) is 5.48. The van der Waals surface area contributed by atoms with Gasteiger partial charge in [0.1, 0.15) is 5.82 Å². The minimum absolute atomic E-state index is 0.143. The lowest BCUT2D eigenvalue weighted by Gasteiger charge is -2.17. The molecule has 1 fully saturated rings. The summed E-state index contributed by atoms with van der Waals surface area (Å²) in [5.74, 6) is 0.791. The van der Waals surface area contributed by atoms with Gasteiger partial charge in [0.05, 0.1) is 22.5 Å². The van der Waals surface area contributed by atoms with Crippen molar-refractivity contribution in [1.82, 2.24) is 4.98 Å². The fourth-order valence-corrected chi connectivity index (χ4v) is 3.59. The Morgan fingerprint density at radius 3 is 2.32 bits per heavy atom. The molecule has 2 heterocycles. The molecule has 0 atom stereocenters. The van der Waals surface area contributed by atoms with Crippen molar-refractivity contribution in [2.45, 2.75) is 23.2 Å². The van der Waals surface area contributed by atoms with Gasteiger partial charge in [0, 0.05) is 13.1 Å². The van der Waals surface area contributed by atoms with E-state index in [1.54, 1.807) is 12.1 Å². The lowest BCUT2D eigenvalue weighted by molar-refractivity contribution is -0.0435. The number of para-hydroxylation sites is 1. The summed E-state index contributed by atoms with van der Waals surface area (Å²) in [4.78, 5) is 5.59. The summed E-state index contributed by atoms with van der Waals surface area (Å²) in [6, 6.07) is 8.35. The van der Waals surface area contributed by atoms with Gasteiger partial charge in [-0.3, -0.25) is 0 Å². The number of halogens is 3. The molecule has 134 valence electrons. The van der Waals surface area contributed by atoms with Crippen LogP contribution in [0.3, 0.4) is 0 Å². The molecule has 2 aromatic rings. The van der Waals surface area contributed by atoms with E-state index in [9.17, 15) is 21.6 Å². The monoisotopic (exact) mass is 371 g/mol. The number of nitrogens with one attached hydrogen (secondary N) is 1. The third-order valence-electron chi connectivity index (χ3n) is 3.94. The first-order valence-electron chi connectivity index (χ1n) is 7.67. The first kappa shape index (κ1) is 17.5. The molecule has 0 bridgehead atoms. The Balaban J connectivity index is 1.86. The molecule has 0 unspecified atom stereocenters. The Hall–Kier alpha value is -2.29. The highest BCUT2D eigenvalue weighted by atomic mass is 32.2. The molecule has 1 N–H and O–H groups in total. The Morgan fingerprint density at radius 2 is 1.72 bits per heavy atom. The van der Waals surface area contributed by atoms with Crippen LogP contribution in [0, 0.1) is 0 Å². The molecule has 0 radical (unpaired) electrons. The van der Waals surface area contributed by atoms with E-state index in [1.165, 1.54) is 24.4 Å². The maximum Gasteiger partial charge on any atom is 0.501 e. The zero-order chi connectivity index (χ0) is 18.1. The minimum Gasteiger partial charge on any atom is -0.357 e. The summed E-state index contributed by atoms with van der Waals surface area (Å²) in [7, 11) is -5.44. The van der Waals surface area contributed by atoms with Crippen LogP contribution in [0.5, 0.6) is 0 Å². The van der Waals surface area contributed by atoms with Crippen LogP contribution in [0.1, 0.15) is 12.8 Å². The van der Waals surface area contributed by atoms with Crippen molar-refractivity contribution < 1.29 is 21.6 Å². The highest BCUT2D eigenvalue weighted by Gasteiger charge is 2.47. The number of sulfone groups is 1. The fourth-order valence-electron chi connectivity index (χ4n) is 2.68. The van der Waals surface area contributed by atoms with Crippen molar-refractivity contribution in [2.24, 2.45) is 0 Å². The Morgan fingerprint density at radius 1 is 1.04 bits per heavy atom. The molecule has 1 saturated heterocycles. The zero-order valence-electron chi connectivity index (χ0n) is 13.1. The van der Waals surface area contributed by atoms with Crippen molar-refractivity contribution >= 4 is 27.0 Å². The van der Waals surface area contributed by atoms with Crippen LogP contribution in [-0.2, 0) is 9.84 Å². The Kier molecular flexibility index (Phi) is 4.59. The predicted octanol–water partition coefficient (Wildman–Crippen LogP) is 3.72. The first-order chi connectivity index (χ1) is 11.8. The van der Waals surface area contributed by atoms with Gasteiger partial charge in [-0.25, -0.2) is 13.4 Å². The molecule has 5 nitrogen and oxygen atoms in total. The van der Waals surface area contributed by atoms with E-state index >= 15 is 0 Å². The molecule has 1 aromatic heterocycles. The van der Waals surface area contributed by atoms with Crippen LogP contribution < -0.4 is 10.2 Å². The second kappa shape index (κ2) is 6.55. The number of hydrogen-bond donors (Lipinski definition) is 1. The van der Waals surface area contributed by atoms with Crippen LogP contribution in [0.15, 0.2) is 47.5 Å². The molecule has 0 amide bonds. The first-order valence-corrected chi connectivity index (χ1v) is 9.16. The van der Waals surface area contributed by atoms with Crippen LogP contribution >= 0.6 is 0 Å². The van der Waals surface area contributed by atoms with Crippen LogP contribution in [0.2, 0.25) is 0 Å². The maximum absolute atomic E-state index is 12.8. The molecule has 3 rings (SSSR count). The molecular formula is C16H16F3N3O2S. The predicted molar refractivity (Wildman–Crippen MR) is 88.6 cm³/mol. The van der Waals surface area contributed by atoms with E-state index < -0.39 is 20.2 Å². The third kappa shape index (κ3) is 3.55. The SMILES string of the molecule is O=S(=O)(c1ccccc1Nc1ccc(N2CCCC2)nc1)C(F)(F)F. The highest BCUT2D eigenvalue weighted by molar-refractivity contribution is 7.92. The average molecular weight is 371 g/mol. The van der Waals surface area contributed by atoms with Crippen LogP contribution in [-0.4, -0.2) is 32.0 Å². The minimum atomic E-state index is -5.44. The van der Waals surface area contributed by atoms with E-state index in [0.29, 0.717) is 5.69 Å². The van der Waals surface area contributed by atoms with Crippen LogP contribution in [0.4, 0.5) is 30.4 Å². The quantitative estimate of drug-likeness (QED) is 0.888. The largest absolute Gasteiger partial charge is 0.501 e. The standard InChI is InChI=1S/C16H16F3N3O2S/c17-16(18,19)25(23,24)14-6-2-1-5-13(14)21-12-7-8-15(20-11-12)22-9-3-4-10-22/h1-2,5-8,11,21H,3-4,9-10H2. The van der Waals surface area contributed by atoms with Gasteiger partial charge in [0.15, 0.2) is 0 Å². The average Bonchev–Trinajstić information content (AvgIpc) is 3.09. The molecule has 1 aliphatic rings. The van der Waals surface area contributed by atoms with Gasteiger partial charge < -0.3 is 10.2 Å². The van der Waals surface area contributed by atoms with Crippen LogP contribution in [0.25, 0.3) is 0 Å². The number of nitrogens with zero attached hydrogens (tertiary/aromatic N) is 2. The van der Waals surface area contributed by atoms with Gasteiger partial charge in [0.25, 0.3) is 9.84 Å². The van der Waals surface area contributed by atoms with Crippen molar-refractivity contribution in [3.05, 3.63) is 42.6 Å². The summed E-state index contributed by atoms with van der Waals surface area (Å²) in [5, 5.41) is 2.71. The smallest absolute Gasteiger partial charge is 0.357 e. The topological polar surface area (TPSA) is 62.3 Å². The number of aromatic nitrogens is 1. The number of rotatable bonds is 4. The van der Waals surface area contributed by atoms with Gasteiger partial charge in [-0.15, -0.1) is 0 Å². The maximum atomic E-state index is 12.8. The summed E-state index contributed by atoms with van der Waals surface area (Å²) in [6.07, 6.45) is 3.68. The van der Waals surface area contributed by atoms with E-state index in [1.807, 2.05) is 0 Å². The molecule has 1 aliphatic heterocycles. The van der Waals surface area contributed by atoms with E-state index in [0.717, 1.165) is 37.8 Å². The molecular weight excluding hydrogens is 355 g/mol. The lowest BCUT2D eigenvalue weighted by atomic mass is 10.3. The van der Waals surface area contributed by atoms with Gasteiger partial charge >= 0.3 is 5.51 Å². The highest BCUT2D eigenvalue weighted by Crippen LogP contribution is 2.35. The van der Waals surface area contributed by atoms with Gasteiger partial charge in [0.2, 0.25) is 0 Å². The van der Waals surface area contributed by atoms with Gasteiger partial charge in [-0.05, 0) is 37.1 Å². The molecule has 0 spiro atoms. The molecule has 9 heteroatoms. The van der Waals surface area contributed by atoms with Gasteiger partial charge in [-0.1, -0.05) is 12.1 Å². The van der Waals surface area contributed by atoms with Gasteiger partial charge in [-0.2, -0.15) is 13.2 Å². The Bertz CT molecular complexity index is 846. The summed E-state index contributed by atoms with van der Waals surface area (Å²) in [5.41, 5.74) is -5.09. The second-order valence-electron chi connectivity index (χ2n) is 5.67. The molecule has 0 aliphatic carbocycles. The number of pyridine rings is 1. The Labute approximate surface area is 143 Å². The number of alkyl halides is 3. The summed E-state index contributed by atoms with van der Waals surface area (Å²) >= 11 is 0. The molecule has 0 saturated carbocycles. The van der Waals surface area contributed by atoms with E-state index in [-0.39, 0.29) is 5.69 Å². The van der Waals surface area contributed by atoms with Crippen molar-refractivity contribution in [1.29, 1.82) is 0 Å². The van der Waals surface area contributed by atoms with E-state index in [2.05, 4.69) is 15.2 Å². The van der Waals surface area contributed by atoms with Crippen molar-refractivity contribution in [3.8, 4) is 0 Å². The fraction of sp³-hybridized carbons (Fsp3) is 0.312. The zero-order valence-corrected chi connectivity index (χ0v) is 13.9. The number of anilines is 3. The molecule has 25 heavy (non-hydrogen) atoms. The second-order valence-corrected chi connectivity index (χ2v) is 7.58. The number of benzene rings is 1. The van der Waals surface area contributed by atoms with E-state index in [4.69, 9.17) is 0 Å². The molecule has 1 aromatic carbocycles. The summed E-state index contributed by atoms with van der Waals surface area (Å²) < 4.78 is 61.9. The lowest BCUT2D eigenvalue weighted by Crippen LogP contribution is -2.24. The van der Waals surface area contributed by atoms with Crippen molar-refractivity contribution in [2.75, 3.05) is 23.3 Å². The van der Waals surface area contributed by atoms with Crippen molar-refractivity contribution in [3.63, 3.8) is 0 Å². The normalized spacial score (nSPS) is 15.4.